The van der Waals surface area contributed by atoms with Crippen molar-refractivity contribution in [1.29, 1.82) is 0 Å². The van der Waals surface area contributed by atoms with Crippen LogP contribution < -0.4 is 5.32 Å². The highest BCUT2D eigenvalue weighted by Gasteiger charge is 2.28. The number of hydrogen-bond acceptors (Lipinski definition) is 4. The highest BCUT2D eigenvalue weighted by atomic mass is 35.5. The molecule has 3 rings (SSSR count). The molecule has 1 atom stereocenters. The normalized spacial score (nSPS) is 11.6. The number of amides is 1. The number of aromatic nitrogens is 1. The maximum absolute atomic E-state index is 13.0. The second-order valence-corrected chi connectivity index (χ2v) is 7.81. The van der Waals surface area contributed by atoms with Crippen molar-refractivity contribution in [2.45, 2.75) is 20.0 Å². The molecule has 0 bridgehead atoms. The molecule has 30 heavy (non-hydrogen) atoms. The Morgan fingerprint density at radius 1 is 0.967 bits per heavy atom. The molecule has 0 saturated heterocycles. The van der Waals surface area contributed by atoms with Crippen molar-refractivity contribution in [3.63, 3.8) is 0 Å². The Hall–Kier alpha value is -2.60. The van der Waals surface area contributed by atoms with Gasteiger partial charge in [-0.05, 0) is 37.1 Å². The summed E-state index contributed by atoms with van der Waals surface area (Å²) in [7, 11) is 0. The van der Waals surface area contributed by atoms with E-state index in [1.54, 1.807) is 30.3 Å². The monoisotopic (exact) mass is 462 g/mol. The van der Waals surface area contributed by atoms with Gasteiger partial charge < -0.3 is 10.1 Å². The number of aryl methyl sites for hydroxylation is 2. The van der Waals surface area contributed by atoms with Gasteiger partial charge in [0.15, 0.2) is 5.69 Å². The minimum atomic E-state index is -1.23. The van der Waals surface area contributed by atoms with Crippen LogP contribution in [0.5, 0.6) is 0 Å². The van der Waals surface area contributed by atoms with Crippen LogP contribution in [0.1, 0.15) is 33.3 Å². The van der Waals surface area contributed by atoms with E-state index in [0.717, 1.165) is 11.1 Å². The van der Waals surface area contributed by atoms with Gasteiger partial charge >= 0.3 is 5.97 Å². The Morgan fingerprint density at radius 2 is 1.60 bits per heavy atom. The highest BCUT2D eigenvalue weighted by Crippen LogP contribution is 2.32. The molecule has 8 heteroatoms. The minimum Gasteiger partial charge on any atom is -0.443 e. The van der Waals surface area contributed by atoms with Crippen molar-refractivity contribution < 1.29 is 14.3 Å². The van der Waals surface area contributed by atoms with Crippen molar-refractivity contribution in [3.8, 4) is 0 Å². The zero-order valence-corrected chi connectivity index (χ0v) is 18.3. The Bertz CT molecular complexity index is 1080. The second-order valence-electron chi connectivity index (χ2n) is 6.64. The van der Waals surface area contributed by atoms with Crippen molar-refractivity contribution >= 4 is 52.4 Å². The van der Waals surface area contributed by atoms with Gasteiger partial charge in [0.2, 0.25) is 6.10 Å². The average molecular weight is 464 g/mol. The Morgan fingerprint density at radius 3 is 2.23 bits per heavy atom. The van der Waals surface area contributed by atoms with Crippen LogP contribution in [0.4, 0.5) is 5.69 Å². The molecule has 0 aliphatic rings. The summed E-state index contributed by atoms with van der Waals surface area (Å²) in [5.74, 6) is -1.42. The fourth-order valence-corrected chi connectivity index (χ4v) is 3.46. The second kappa shape index (κ2) is 9.47. The maximum Gasteiger partial charge on any atom is 0.359 e. The Labute approximate surface area is 188 Å². The third-order valence-corrected chi connectivity index (χ3v) is 5.41. The number of ether oxygens (including phenoxy) is 1. The number of hydrogen-bond donors (Lipinski definition) is 1. The molecular formula is C22H17Cl3N2O3. The van der Waals surface area contributed by atoms with Crippen molar-refractivity contribution in [2.24, 2.45) is 0 Å². The topological polar surface area (TPSA) is 68.3 Å². The lowest BCUT2D eigenvalue weighted by molar-refractivity contribution is -0.125. The summed E-state index contributed by atoms with van der Waals surface area (Å²) in [5, 5.41) is 2.74. The summed E-state index contributed by atoms with van der Waals surface area (Å²) in [4.78, 5) is 29.6. The summed E-state index contributed by atoms with van der Waals surface area (Å²) >= 11 is 17.9. The van der Waals surface area contributed by atoms with E-state index in [9.17, 15) is 9.59 Å². The number of pyridine rings is 1. The molecule has 0 radical (unpaired) electrons. The van der Waals surface area contributed by atoms with E-state index in [1.807, 2.05) is 32.0 Å². The van der Waals surface area contributed by atoms with E-state index in [0.29, 0.717) is 11.3 Å². The molecular weight excluding hydrogens is 447 g/mol. The van der Waals surface area contributed by atoms with E-state index in [4.69, 9.17) is 39.5 Å². The molecule has 1 N–H and O–H groups in total. The van der Waals surface area contributed by atoms with Crippen LogP contribution in [0.15, 0.2) is 54.7 Å². The number of anilines is 1. The van der Waals surface area contributed by atoms with Gasteiger partial charge in [-0.2, -0.15) is 0 Å². The van der Waals surface area contributed by atoms with Gasteiger partial charge in [0, 0.05) is 17.4 Å². The summed E-state index contributed by atoms with van der Waals surface area (Å²) in [6.45, 7) is 3.85. The number of benzene rings is 2. The zero-order chi connectivity index (χ0) is 21.8. The summed E-state index contributed by atoms with van der Waals surface area (Å²) in [6.07, 6.45) is -0.0359. The molecule has 1 heterocycles. The van der Waals surface area contributed by atoms with Gasteiger partial charge in [-0.15, -0.1) is 0 Å². The smallest absolute Gasteiger partial charge is 0.359 e. The SMILES string of the molecule is Cc1cc(C)cc(NC(=O)C(OC(=O)c2ncc(Cl)c(Cl)c2Cl)c2ccccc2)c1. The molecule has 1 unspecified atom stereocenters. The number of nitrogens with one attached hydrogen (secondary N) is 1. The van der Waals surface area contributed by atoms with Crippen LogP contribution in [0.2, 0.25) is 15.1 Å². The number of carbonyl (C=O) groups excluding carboxylic acids is 2. The van der Waals surface area contributed by atoms with Gasteiger partial charge in [0.05, 0.1) is 15.1 Å². The van der Waals surface area contributed by atoms with Crippen molar-refractivity contribution in [2.75, 3.05) is 5.32 Å². The predicted octanol–water partition coefficient (Wildman–Crippen LogP) is 6.20. The third kappa shape index (κ3) is 5.11. The highest BCUT2D eigenvalue weighted by molar-refractivity contribution is 6.48. The number of halogens is 3. The van der Waals surface area contributed by atoms with Gasteiger partial charge in [0.25, 0.3) is 5.91 Å². The first-order chi connectivity index (χ1) is 14.3. The van der Waals surface area contributed by atoms with Crippen molar-refractivity contribution in [1.82, 2.24) is 4.98 Å². The van der Waals surface area contributed by atoms with E-state index in [-0.39, 0.29) is 20.8 Å². The first-order valence-electron chi connectivity index (χ1n) is 8.91. The van der Waals surface area contributed by atoms with Crippen LogP contribution in [0.3, 0.4) is 0 Å². The lowest BCUT2D eigenvalue weighted by Crippen LogP contribution is -2.26. The summed E-state index contributed by atoms with van der Waals surface area (Å²) in [6, 6.07) is 14.3. The molecule has 0 spiro atoms. The fraction of sp³-hybridized carbons (Fsp3) is 0.136. The fourth-order valence-electron chi connectivity index (χ4n) is 2.90. The molecule has 0 fully saturated rings. The predicted molar refractivity (Wildman–Crippen MR) is 118 cm³/mol. The van der Waals surface area contributed by atoms with Crippen molar-refractivity contribution in [3.05, 3.63) is 92.2 Å². The molecule has 0 aliphatic carbocycles. The largest absolute Gasteiger partial charge is 0.443 e. The average Bonchev–Trinajstić information content (AvgIpc) is 2.70. The number of nitrogens with zero attached hydrogens (tertiary/aromatic N) is 1. The molecule has 1 amide bonds. The van der Waals surface area contributed by atoms with E-state index in [2.05, 4.69) is 10.3 Å². The van der Waals surface area contributed by atoms with Gasteiger partial charge in [-0.25, -0.2) is 9.78 Å². The Kier molecular flexibility index (Phi) is 6.98. The summed E-state index contributed by atoms with van der Waals surface area (Å²) < 4.78 is 5.49. The standard InChI is InChI=1S/C22H17Cl3N2O3/c1-12-8-13(2)10-15(9-12)27-21(28)20(14-6-4-3-5-7-14)30-22(29)19-18(25)17(24)16(23)11-26-19/h3-11,20H,1-2H3,(H,27,28). The molecule has 0 aliphatic heterocycles. The van der Waals surface area contributed by atoms with Crippen LogP contribution >= 0.6 is 34.8 Å². The number of rotatable bonds is 5. The first-order valence-corrected chi connectivity index (χ1v) is 10.0. The Balaban J connectivity index is 1.91. The lowest BCUT2D eigenvalue weighted by atomic mass is 10.1. The van der Waals surface area contributed by atoms with Crippen LogP contribution in [-0.2, 0) is 9.53 Å². The van der Waals surface area contributed by atoms with Crippen LogP contribution in [0.25, 0.3) is 0 Å². The molecule has 0 saturated carbocycles. The molecule has 3 aromatic rings. The molecule has 1 aromatic heterocycles. The van der Waals surface area contributed by atoms with Gasteiger partial charge in [-0.1, -0.05) is 71.2 Å². The van der Waals surface area contributed by atoms with Crippen LogP contribution in [-0.4, -0.2) is 16.9 Å². The number of carbonyl (C=O) groups is 2. The number of esters is 1. The maximum atomic E-state index is 13.0. The quantitative estimate of drug-likeness (QED) is 0.458. The van der Waals surface area contributed by atoms with E-state index >= 15 is 0 Å². The first kappa shape index (κ1) is 22.1. The molecule has 2 aromatic carbocycles. The zero-order valence-electron chi connectivity index (χ0n) is 16.1. The lowest BCUT2D eigenvalue weighted by Gasteiger charge is -2.19. The van der Waals surface area contributed by atoms with Gasteiger partial charge in [-0.3, -0.25) is 4.79 Å². The van der Waals surface area contributed by atoms with E-state index < -0.39 is 18.0 Å². The molecule has 5 nitrogen and oxygen atoms in total. The van der Waals surface area contributed by atoms with Gasteiger partial charge in [0.1, 0.15) is 0 Å². The summed E-state index contributed by atoms with van der Waals surface area (Å²) in [5.41, 5.74) is 2.84. The third-order valence-electron chi connectivity index (χ3n) is 4.17. The molecule has 154 valence electrons. The van der Waals surface area contributed by atoms with E-state index in [1.165, 1.54) is 6.20 Å². The minimum absolute atomic E-state index is 0.0174. The van der Waals surface area contributed by atoms with Crippen LogP contribution in [0, 0.1) is 13.8 Å².